The van der Waals surface area contributed by atoms with Gasteiger partial charge >= 0.3 is 11.9 Å². The zero-order valence-electron chi connectivity index (χ0n) is 13.8. The monoisotopic (exact) mass is 398 g/mol. The molecule has 0 aliphatic rings. The summed E-state index contributed by atoms with van der Waals surface area (Å²) in [6.07, 6.45) is 0.777. The number of rotatable bonds is 8. The molecule has 0 unspecified atom stereocenters. The van der Waals surface area contributed by atoms with Crippen molar-refractivity contribution in [3.8, 4) is 0 Å². The molecule has 0 radical (unpaired) electrons. The van der Waals surface area contributed by atoms with Gasteiger partial charge in [0.1, 0.15) is 12.1 Å². The standard InChI is InChI=1S/2C9H10ClNO2/c2*10-11-8(9(12)13)6-7-4-2-1-3-5-7/h2*1-5,8,11H,6H2,(H,12,13)/t2*8-/m00/s1. The predicted molar refractivity (Wildman–Crippen MR) is 101 cm³/mol. The topological polar surface area (TPSA) is 98.7 Å². The van der Waals surface area contributed by atoms with E-state index >= 15 is 0 Å². The van der Waals surface area contributed by atoms with Crippen LogP contribution < -0.4 is 9.67 Å². The van der Waals surface area contributed by atoms with Crippen LogP contribution in [0.15, 0.2) is 60.7 Å². The fourth-order valence-electron chi connectivity index (χ4n) is 2.04. The molecule has 0 spiro atoms. The summed E-state index contributed by atoms with van der Waals surface area (Å²) in [7, 11) is 0. The second-order valence-electron chi connectivity index (χ2n) is 5.38. The minimum Gasteiger partial charge on any atom is -0.480 e. The normalized spacial score (nSPS) is 12.4. The number of carbonyl (C=O) groups is 2. The zero-order chi connectivity index (χ0) is 19.4. The maximum Gasteiger partial charge on any atom is 0.322 e. The van der Waals surface area contributed by atoms with Gasteiger partial charge in [0.05, 0.1) is 0 Å². The number of aliphatic carboxylic acids is 2. The lowest BCUT2D eigenvalue weighted by atomic mass is 10.1. The molecule has 140 valence electrons. The average Bonchev–Trinajstić information content (AvgIpc) is 2.66. The van der Waals surface area contributed by atoms with Gasteiger partial charge in [-0.05, 0) is 47.5 Å². The quantitative estimate of drug-likeness (QED) is 0.510. The Labute approximate surface area is 162 Å². The van der Waals surface area contributed by atoms with E-state index in [0.29, 0.717) is 12.8 Å². The molecule has 0 saturated carbocycles. The summed E-state index contributed by atoms with van der Waals surface area (Å²) in [6, 6.07) is 17.2. The first-order chi connectivity index (χ1) is 12.5. The minimum absolute atomic E-state index is 0.389. The number of benzene rings is 2. The summed E-state index contributed by atoms with van der Waals surface area (Å²) in [4.78, 5) is 25.6. The Morgan fingerprint density at radius 3 is 1.27 bits per heavy atom. The molecule has 0 heterocycles. The number of nitrogens with one attached hydrogen (secondary N) is 2. The van der Waals surface area contributed by atoms with Crippen molar-refractivity contribution in [3.05, 3.63) is 71.8 Å². The average molecular weight is 399 g/mol. The van der Waals surface area contributed by atoms with E-state index < -0.39 is 24.0 Å². The van der Waals surface area contributed by atoms with Gasteiger partial charge in [0.15, 0.2) is 0 Å². The molecule has 26 heavy (non-hydrogen) atoms. The predicted octanol–water partition coefficient (Wildman–Crippen LogP) is 2.85. The summed E-state index contributed by atoms with van der Waals surface area (Å²) in [6.45, 7) is 0. The van der Waals surface area contributed by atoms with Crippen LogP contribution in [0.2, 0.25) is 0 Å². The highest BCUT2D eigenvalue weighted by Crippen LogP contribution is 2.04. The second kappa shape index (κ2) is 12.3. The van der Waals surface area contributed by atoms with E-state index in [9.17, 15) is 9.59 Å². The first kappa shape index (κ1) is 21.9. The third-order valence-electron chi connectivity index (χ3n) is 3.42. The van der Waals surface area contributed by atoms with Gasteiger partial charge in [-0.25, -0.2) is 9.67 Å². The van der Waals surface area contributed by atoms with Gasteiger partial charge in [0.25, 0.3) is 0 Å². The van der Waals surface area contributed by atoms with Gasteiger partial charge in [0.2, 0.25) is 0 Å². The van der Waals surface area contributed by atoms with Crippen molar-refractivity contribution in [1.82, 2.24) is 9.67 Å². The summed E-state index contributed by atoms with van der Waals surface area (Å²) in [5, 5.41) is 17.4. The Bertz CT molecular complexity index is 612. The lowest BCUT2D eigenvalue weighted by molar-refractivity contribution is -0.139. The van der Waals surface area contributed by atoms with E-state index in [1.807, 2.05) is 60.7 Å². The van der Waals surface area contributed by atoms with Gasteiger partial charge in [-0.15, -0.1) is 0 Å². The first-order valence-electron chi connectivity index (χ1n) is 7.73. The molecule has 6 nitrogen and oxygen atoms in total. The third-order valence-corrected chi connectivity index (χ3v) is 3.95. The molecule has 2 aromatic carbocycles. The smallest absolute Gasteiger partial charge is 0.322 e. The minimum atomic E-state index is -0.946. The number of halogens is 2. The molecule has 2 rings (SSSR count). The summed E-state index contributed by atoms with van der Waals surface area (Å²) in [5.41, 5.74) is 1.89. The zero-order valence-corrected chi connectivity index (χ0v) is 15.3. The molecule has 0 aliphatic carbocycles. The van der Waals surface area contributed by atoms with Gasteiger partial charge < -0.3 is 10.2 Å². The molecular formula is C18H20Cl2N2O4. The Morgan fingerprint density at radius 1 is 0.731 bits per heavy atom. The van der Waals surface area contributed by atoms with Crippen LogP contribution in [0.4, 0.5) is 0 Å². The van der Waals surface area contributed by atoms with Crippen molar-refractivity contribution in [1.29, 1.82) is 0 Å². The summed E-state index contributed by atoms with van der Waals surface area (Å²) >= 11 is 10.6. The molecule has 4 N–H and O–H groups in total. The Hall–Kier alpha value is -2.12. The van der Waals surface area contributed by atoms with Crippen LogP contribution in [0.5, 0.6) is 0 Å². The van der Waals surface area contributed by atoms with E-state index in [4.69, 9.17) is 33.8 Å². The number of carboxylic acids is 2. The third kappa shape index (κ3) is 8.31. The molecular weight excluding hydrogens is 379 g/mol. The molecule has 2 aromatic rings. The van der Waals surface area contributed by atoms with Crippen LogP contribution in [-0.2, 0) is 22.4 Å². The summed E-state index contributed by atoms with van der Waals surface area (Å²) in [5.74, 6) is -1.89. The maximum absolute atomic E-state index is 10.6. The first-order valence-corrected chi connectivity index (χ1v) is 8.49. The van der Waals surface area contributed by atoms with Crippen LogP contribution in [-0.4, -0.2) is 34.2 Å². The van der Waals surface area contributed by atoms with Crippen LogP contribution in [0.1, 0.15) is 11.1 Å². The molecule has 0 amide bonds. The highest BCUT2D eigenvalue weighted by Gasteiger charge is 2.16. The maximum atomic E-state index is 10.6. The number of hydrogen-bond acceptors (Lipinski definition) is 4. The molecule has 0 saturated heterocycles. The number of carboxylic acid groups (broad SMARTS) is 2. The Kier molecular flexibility index (Phi) is 10.3. The van der Waals surface area contributed by atoms with Gasteiger partial charge in [-0.1, -0.05) is 60.7 Å². The van der Waals surface area contributed by atoms with E-state index in [-0.39, 0.29) is 0 Å². The van der Waals surface area contributed by atoms with E-state index in [0.717, 1.165) is 11.1 Å². The van der Waals surface area contributed by atoms with Gasteiger partial charge in [0, 0.05) is 0 Å². The Morgan fingerprint density at radius 2 is 1.04 bits per heavy atom. The van der Waals surface area contributed by atoms with Gasteiger partial charge in [-0.3, -0.25) is 9.59 Å². The fraction of sp³-hybridized carbons (Fsp3) is 0.222. The van der Waals surface area contributed by atoms with E-state index in [1.165, 1.54) is 0 Å². The highest BCUT2D eigenvalue weighted by atomic mass is 35.5. The molecule has 0 aliphatic heterocycles. The molecule has 8 heteroatoms. The lowest BCUT2D eigenvalue weighted by Crippen LogP contribution is -2.32. The molecule has 0 bridgehead atoms. The van der Waals surface area contributed by atoms with Crippen molar-refractivity contribution in [3.63, 3.8) is 0 Å². The summed E-state index contributed by atoms with van der Waals surface area (Å²) < 4.78 is 0. The Balaban J connectivity index is 0.000000260. The van der Waals surface area contributed by atoms with Crippen molar-refractivity contribution >= 4 is 35.5 Å². The molecule has 0 aromatic heterocycles. The van der Waals surface area contributed by atoms with E-state index in [2.05, 4.69) is 9.67 Å². The number of hydrogen-bond donors (Lipinski definition) is 4. The van der Waals surface area contributed by atoms with Crippen molar-refractivity contribution < 1.29 is 19.8 Å². The van der Waals surface area contributed by atoms with Crippen LogP contribution in [0, 0.1) is 0 Å². The lowest BCUT2D eigenvalue weighted by Gasteiger charge is -2.08. The van der Waals surface area contributed by atoms with Gasteiger partial charge in [-0.2, -0.15) is 0 Å². The molecule has 2 atom stereocenters. The SMILES string of the molecule is O=C(O)[C@H](Cc1ccccc1)NCl.O=C(O)[C@H](Cc1ccccc1)NCl. The van der Waals surface area contributed by atoms with Crippen molar-refractivity contribution in [2.24, 2.45) is 0 Å². The van der Waals surface area contributed by atoms with Crippen LogP contribution >= 0.6 is 23.6 Å². The van der Waals surface area contributed by atoms with Crippen molar-refractivity contribution in [2.75, 3.05) is 0 Å². The largest absolute Gasteiger partial charge is 0.480 e. The fourth-order valence-corrected chi connectivity index (χ4v) is 2.39. The van der Waals surface area contributed by atoms with Crippen LogP contribution in [0.25, 0.3) is 0 Å². The highest BCUT2D eigenvalue weighted by molar-refractivity contribution is 6.15. The second-order valence-corrected chi connectivity index (χ2v) is 5.82. The van der Waals surface area contributed by atoms with E-state index in [1.54, 1.807) is 0 Å². The molecule has 0 fully saturated rings. The van der Waals surface area contributed by atoms with Crippen LogP contribution in [0.3, 0.4) is 0 Å². The van der Waals surface area contributed by atoms with Crippen molar-refractivity contribution in [2.45, 2.75) is 24.9 Å².